The molecule has 0 bridgehead atoms. The highest BCUT2D eigenvalue weighted by Crippen LogP contribution is 2.32. The molecular weight excluding hydrogens is 463 g/mol. The van der Waals surface area contributed by atoms with Crippen molar-refractivity contribution in [3.63, 3.8) is 0 Å². The molecule has 1 aromatic carbocycles. The van der Waals surface area contributed by atoms with E-state index in [2.05, 4.69) is 10.6 Å². The summed E-state index contributed by atoms with van der Waals surface area (Å²) in [5.74, 6) is -0.843. The number of likely N-dealkylation sites (tertiary alicyclic amines) is 1. The van der Waals surface area contributed by atoms with Crippen LogP contribution in [0.1, 0.15) is 53.0 Å². The first-order valence-electron chi connectivity index (χ1n) is 12.0. The molecule has 1 aliphatic rings. The number of carbonyl (C=O) groups excluding carboxylic acids is 2. The Balaban J connectivity index is 2.17. The Labute approximate surface area is 205 Å². The fourth-order valence-corrected chi connectivity index (χ4v) is 4.18. The highest BCUT2D eigenvalue weighted by atomic mass is 19.4. The minimum Gasteiger partial charge on any atom is -0.444 e. The van der Waals surface area contributed by atoms with Crippen molar-refractivity contribution in [2.24, 2.45) is 5.92 Å². The number of nitrogens with zero attached hydrogens (tertiary/aromatic N) is 1. The molecule has 0 unspecified atom stereocenters. The van der Waals surface area contributed by atoms with Crippen molar-refractivity contribution < 1.29 is 32.6 Å². The zero-order valence-electron chi connectivity index (χ0n) is 21.1. The number of nitrogens with one attached hydrogen (secondary N) is 2. The molecule has 4 atom stereocenters. The predicted octanol–water partition coefficient (Wildman–Crippen LogP) is 3.65. The van der Waals surface area contributed by atoms with Crippen LogP contribution in [0.15, 0.2) is 30.3 Å². The summed E-state index contributed by atoms with van der Waals surface area (Å²) in [5.41, 5.74) is 0.0608. The maximum absolute atomic E-state index is 13.4. The van der Waals surface area contributed by atoms with Crippen molar-refractivity contribution in [2.75, 3.05) is 13.1 Å². The maximum atomic E-state index is 13.4. The Morgan fingerprint density at radius 1 is 1.14 bits per heavy atom. The van der Waals surface area contributed by atoms with Gasteiger partial charge in [-0.1, -0.05) is 44.2 Å². The summed E-state index contributed by atoms with van der Waals surface area (Å²) in [6, 6.07) is 5.65. The first-order valence-corrected chi connectivity index (χ1v) is 12.0. The first kappa shape index (κ1) is 28.9. The molecule has 1 fully saturated rings. The van der Waals surface area contributed by atoms with E-state index in [0.717, 1.165) is 5.56 Å². The molecule has 2 rings (SSSR count). The van der Waals surface area contributed by atoms with E-state index in [1.54, 1.807) is 34.6 Å². The molecule has 1 heterocycles. The van der Waals surface area contributed by atoms with Crippen LogP contribution < -0.4 is 10.6 Å². The average molecular weight is 502 g/mol. The lowest BCUT2D eigenvalue weighted by Gasteiger charge is -2.33. The van der Waals surface area contributed by atoms with E-state index in [1.807, 2.05) is 30.3 Å². The normalized spacial score (nSPS) is 19.8. The number of alkyl halides is 3. The second-order valence-electron chi connectivity index (χ2n) is 10.4. The fraction of sp³-hybridized carbons (Fsp3) is 0.680. The lowest BCUT2D eigenvalue weighted by molar-refractivity contribution is -0.178. The van der Waals surface area contributed by atoms with Crippen LogP contribution in [0.2, 0.25) is 0 Å². The highest BCUT2D eigenvalue weighted by molar-refractivity contribution is 5.86. The second kappa shape index (κ2) is 12.1. The number of halogens is 3. The van der Waals surface area contributed by atoms with Gasteiger partial charge in [-0.2, -0.15) is 13.2 Å². The molecule has 1 aliphatic heterocycles. The fourth-order valence-electron chi connectivity index (χ4n) is 4.18. The molecule has 0 aliphatic carbocycles. The molecule has 0 radical (unpaired) electrons. The zero-order valence-corrected chi connectivity index (χ0v) is 21.1. The van der Waals surface area contributed by atoms with Crippen LogP contribution in [0, 0.1) is 5.92 Å². The third-order valence-electron chi connectivity index (χ3n) is 5.87. The van der Waals surface area contributed by atoms with Crippen molar-refractivity contribution in [1.82, 2.24) is 15.5 Å². The summed E-state index contributed by atoms with van der Waals surface area (Å²) in [4.78, 5) is 26.7. The quantitative estimate of drug-likeness (QED) is 0.481. The molecule has 3 N–H and O–H groups in total. The minimum absolute atomic E-state index is 0.0127. The van der Waals surface area contributed by atoms with E-state index in [4.69, 9.17) is 4.74 Å². The summed E-state index contributed by atoms with van der Waals surface area (Å²) in [7, 11) is 0. The van der Waals surface area contributed by atoms with Crippen LogP contribution in [0.5, 0.6) is 0 Å². The number of carbonyl (C=O) groups is 2. The van der Waals surface area contributed by atoms with Gasteiger partial charge in [-0.3, -0.25) is 9.69 Å². The van der Waals surface area contributed by atoms with Crippen LogP contribution in [-0.2, 0) is 16.0 Å². The van der Waals surface area contributed by atoms with Crippen LogP contribution in [0.3, 0.4) is 0 Å². The summed E-state index contributed by atoms with van der Waals surface area (Å²) in [6.45, 7) is 8.61. The molecule has 198 valence electrons. The Bertz CT molecular complexity index is 827. The van der Waals surface area contributed by atoms with Gasteiger partial charge in [-0.25, -0.2) is 4.79 Å². The molecule has 10 heteroatoms. The lowest BCUT2D eigenvalue weighted by atomic mass is 9.98. The van der Waals surface area contributed by atoms with E-state index in [1.165, 1.54) is 4.90 Å². The number of alkyl carbamates (subject to hydrolysis) is 1. The van der Waals surface area contributed by atoms with Gasteiger partial charge >= 0.3 is 12.3 Å². The third kappa shape index (κ3) is 9.33. The SMILES string of the molecule is CC(C)[C@H](NC(=O)OC(C)(C)C)C(=O)N[C@@H](Cc1ccccc1)[C@H](O)CN1CCC[C@H]1C(F)(F)F. The molecular formula is C25H38F3N3O4. The Hall–Kier alpha value is -2.33. The average Bonchev–Trinajstić information content (AvgIpc) is 3.19. The molecule has 1 aromatic rings. The van der Waals surface area contributed by atoms with Crippen molar-refractivity contribution in [3.05, 3.63) is 35.9 Å². The smallest absolute Gasteiger partial charge is 0.408 e. The van der Waals surface area contributed by atoms with Crippen molar-refractivity contribution >= 4 is 12.0 Å². The number of aliphatic hydroxyl groups excluding tert-OH is 1. The van der Waals surface area contributed by atoms with Gasteiger partial charge in [-0.05, 0) is 58.1 Å². The van der Waals surface area contributed by atoms with E-state index in [-0.39, 0.29) is 31.8 Å². The van der Waals surface area contributed by atoms with Gasteiger partial charge in [0, 0.05) is 6.54 Å². The van der Waals surface area contributed by atoms with Gasteiger partial charge in [-0.15, -0.1) is 0 Å². The largest absolute Gasteiger partial charge is 0.444 e. The monoisotopic (exact) mass is 501 g/mol. The summed E-state index contributed by atoms with van der Waals surface area (Å²) < 4.78 is 45.5. The summed E-state index contributed by atoms with van der Waals surface area (Å²) >= 11 is 0. The number of β-amino-alcohol motifs (C(OH)–C–C–N with tert-alkyl or cyclic N) is 1. The number of hydrogen-bond acceptors (Lipinski definition) is 5. The summed E-state index contributed by atoms with van der Waals surface area (Å²) in [5, 5.41) is 16.3. The predicted molar refractivity (Wildman–Crippen MR) is 127 cm³/mol. The summed E-state index contributed by atoms with van der Waals surface area (Å²) in [6.07, 6.45) is -5.79. The number of rotatable bonds is 9. The topological polar surface area (TPSA) is 90.9 Å². The molecule has 7 nitrogen and oxygen atoms in total. The van der Waals surface area contributed by atoms with Crippen LogP contribution in [-0.4, -0.2) is 71.1 Å². The van der Waals surface area contributed by atoms with Crippen molar-refractivity contribution in [3.8, 4) is 0 Å². The Morgan fingerprint density at radius 2 is 1.77 bits per heavy atom. The molecule has 0 spiro atoms. The third-order valence-corrected chi connectivity index (χ3v) is 5.87. The van der Waals surface area contributed by atoms with Gasteiger partial charge in [0.15, 0.2) is 0 Å². The van der Waals surface area contributed by atoms with Gasteiger partial charge in [0.25, 0.3) is 0 Å². The molecule has 35 heavy (non-hydrogen) atoms. The molecule has 0 saturated carbocycles. The van der Waals surface area contributed by atoms with Gasteiger partial charge < -0.3 is 20.5 Å². The maximum Gasteiger partial charge on any atom is 0.408 e. The van der Waals surface area contributed by atoms with E-state index in [9.17, 15) is 27.9 Å². The van der Waals surface area contributed by atoms with Gasteiger partial charge in [0.05, 0.1) is 12.1 Å². The van der Waals surface area contributed by atoms with Crippen molar-refractivity contribution in [1.29, 1.82) is 0 Å². The minimum atomic E-state index is -4.38. The zero-order chi connectivity index (χ0) is 26.4. The molecule has 1 saturated heterocycles. The van der Waals surface area contributed by atoms with Crippen molar-refractivity contribution in [2.45, 2.75) is 89.9 Å². The number of hydrogen-bond donors (Lipinski definition) is 3. The Morgan fingerprint density at radius 3 is 2.31 bits per heavy atom. The van der Waals surface area contributed by atoms with Crippen LogP contribution in [0.4, 0.5) is 18.0 Å². The molecule has 0 aromatic heterocycles. The van der Waals surface area contributed by atoms with Crippen LogP contribution in [0.25, 0.3) is 0 Å². The van der Waals surface area contributed by atoms with E-state index < -0.39 is 48.0 Å². The number of amides is 2. The van der Waals surface area contributed by atoms with E-state index in [0.29, 0.717) is 6.42 Å². The molecule has 2 amide bonds. The lowest BCUT2D eigenvalue weighted by Crippen LogP contribution is -2.57. The van der Waals surface area contributed by atoms with E-state index >= 15 is 0 Å². The number of aliphatic hydroxyl groups is 1. The first-order chi connectivity index (χ1) is 16.2. The standard InChI is InChI=1S/C25H38F3N3O4/c1-16(2)21(30-23(34)35-24(3,4)5)22(33)29-18(14-17-10-7-6-8-11-17)19(32)15-31-13-9-12-20(31)25(26,27)28/h6-8,10-11,16,18-21,32H,9,12-15H2,1-5H3,(H,29,33)(H,30,34)/t18-,19+,20-,21-/m0/s1. The number of benzene rings is 1. The van der Waals surface area contributed by atoms with Gasteiger partial charge in [0.1, 0.15) is 17.7 Å². The van der Waals surface area contributed by atoms with Crippen LogP contribution >= 0.6 is 0 Å². The number of ether oxygens (including phenoxy) is 1. The highest BCUT2D eigenvalue weighted by Gasteiger charge is 2.46. The second-order valence-corrected chi connectivity index (χ2v) is 10.4. The Kier molecular flexibility index (Phi) is 9.97. The van der Waals surface area contributed by atoms with Gasteiger partial charge in [0.2, 0.25) is 5.91 Å².